The van der Waals surface area contributed by atoms with Gasteiger partial charge in [0.25, 0.3) is 0 Å². The third kappa shape index (κ3) is 2.02. The monoisotopic (exact) mass is 261 g/mol. The average molecular weight is 263 g/mol. The van der Waals surface area contributed by atoms with E-state index in [4.69, 9.17) is 0 Å². The summed E-state index contributed by atoms with van der Waals surface area (Å²) in [6, 6.07) is 0. The molecule has 0 bridgehead atoms. The van der Waals surface area contributed by atoms with Gasteiger partial charge in [0.2, 0.25) is 16.2 Å². The van der Waals surface area contributed by atoms with E-state index in [0.717, 1.165) is 11.3 Å². The number of hydrogen-bond donors (Lipinski definition) is 1. The van der Waals surface area contributed by atoms with Gasteiger partial charge in [-0.3, -0.25) is 4.79 Å². The second-order valence-electron chi connectivity index (χ2n) is 2.95. The van der Waals surface area contributed by atoms with Gasteiger partial charge in [-0.15, -0.1) is 0 Å². The molecule has 0 unspecified atom stereocenters. The molecule has 1 N–H and O–H groups in total. The number of allylic oxidation sites excluding steroid dienone is 2. The van der Waals surface area contributed by atoms with Gasteiger partial charge in [0, 0.05) is 31.6 Å². The van der Waals surface area contributed by atoms with E-state index in [2.05, 4.69) is 5.32 Å². The van der Waals surface area contributed by atoms with Crippen LogP contribution in [-0.2, 0) is 34.6 Å². The zero-order valence-electron chi connectivity index (χ0n) is 7.41. The van der Waals surface area contributed by atoms with Gasteiger partial charge in [0.15, 0.2) is 0 Å². The summed E-state index contributed by atoms with van der Waals surface area (Å²) in [5, 5.41) is 2.65. The molecule has 0 radical (unpaired) electrons. The van der Waals surface area contributed by atoms with Gasteiger partial charge in [-0.2, -0.15) is 8.42 Å². The Labute approximate surface area is 95.4 Å². The number of nitrogens with one attached hydrogen (secondary N) is 1. The van der Waals surface area contributed by atoms with Gasteiger partial charge in [0.05, 0.1) is 11.3 Å². The van der Waals surface area contributed by atoms with Crippen molar-refractivity contribution >= 4 is 21.1 Å². The SMILES string of the molecule is O=C1CC2=C(C=CC(=S(=O)=O)C2)N1.[Zn]. The summed E-state index contributed by atoms with van der Waals surface area (Å²) >= 11 is 0. The van der Waals surface area contributed by atoms with Crippen LogP contribution in [0.3, 0.4) is 0 Å². The number of carbonyl (C=O) groups excluding carboxylic acids is 1. The van der Waals surface area contributed by atoms with E-state index in [1.165, 1.54) is 6.08 Å². The zero-order valence-corrected chi connectivity index (χ0v) is 11.2. The molecule has 0 aromatic rings. The minimum absolute atomic E-state index is 0. The first-order valence-corrected chi connectivity index (χ1v) is 4.89. The molecule has 1 amide bonds. The van der Waals surface area contributed by atoms with Gasteiger partial charge < -0.3 is 5.32 Å². The van der Waals surface area contributed by atoms with Crippen molar-refractivity contribution in [1.29, 1.82) is 0 Å². The fraction of sp³-hybridized carbons (Fsp3) is 0.250. The maximum Gasteiger partial charge on any atom is 0.228 e. The van der Waals surface area contributed by atoms with Crippen molar-refractivity contribution in [3.63, 3.8) is 0 Å². The molecule has 0 spiro atoms. The van der Waals surface area contributed by atoms with Crippen molar-refractivity contribution in [1.82, 2.24) is 5.32 Å². The van der Waals surface area contributed by atoms with Crippen molar-refractivity contribution in [2.75, 3.05) is 0 Å². The van der Waals surface area contributed by atoms with E-state index in [9.17, 15) is 13.2 Å². The van der Waals surface area contributed by atoms with Gasteiger partial charge in [-0.25, -0.2) is 0 Å². The fourth-order valence-electron chi connectivity index (χ4n) is 1.45. The summed E-state index contributed by atoms with van der Waals surface area (Å²) in [5.41, 5.74) is 1.63. The number of amides is 1. The van der Waals surface area contributed by atoms with E-state index in [-0.39, 0.29) is 25.4 Å². The Hall–Kier alpha value is -0.737. The van der Waals surface area contributed by atoms with Crippen LogP contribution in [0.15, 0.2) is 23.4 Å². The second-order valence-corrected chi connectivity index (χ2v) is 3.95. The van der Waals surface area contributed by atoms with Gasteiger partial charge >= 0.3 is 0 Å². The minimum Gasteiger partial charge on any atom is -0.326 e. The molecule has 2 aliphatic rings. The van der Waals surface area contributed by atoms with Crippen molar-refractivity contribution in [3.05, 3.63) is 23.4 Å². The van der Waals surface area contributed by atoms with Crippen LogP contribution in [0.4, 0.5) is 0 Å². The van der Waals surface area contributed by atoms with Crippen molar-refractivity contribution in [2.24, 2.45) is 0 Å². The van der Waals surface area contributed by atoms with Gasteiger partial charge in [-0.05, 0) is 17.7 Å². The molecule has 0 saturated carbocycles. The molecule has 2 rings (SSSR count). The van der Waals surface area contributed by atoms with E-state index < -0.39 is 10.3 Å². The third-order valence-electron chi connectivity index (χ3n) is 2.07. The van der Waals surface area contributed by atoms with Crippen LogP contribution in [-0.4, -0.2) is 19.2 Å². The summed E-state index contributed by atoms with van der Waals surface area (Å²) in [6.45, 7) is 0. The predicted molar refractivity (Wildman–Crippen MR) is 47.5 cm³/mol. The molecule has 4 nitrogen and oxygen atoms in total. The maximum absolute atomic E-state index is 10.9. The van der Waals surface area contributed by atoms with Crippen LogP contribution in [0.5, 0.6) is 0 Å². The van der Waals surface area contributed by atoms with Crippen molar-refractivity contribution in [2.45, 2.75) is 12.8 Å². The molecular weight excluding hydrogens is 256 g/mol. The molecule has 0 aromatic carbocycles. The molecule has 0 atom stereocenters. The van der Waals surface area contributed by atoms with E-state index >= 15 is 0 Å². The minimum atomic E-state index is -2.17. The van der Waals surface area contributed by atoms with Crippen LogP contribution in [0, 0.1) is 0 Å². The fourth-order valence-corrected chi connectivity index (χ4v) is 1.92. The Morgan fingerprint density at radius 3 is 2.57 bits per heavy atom. The summed E-state index contributed by atoms with van der Waals surface area (Å²) in [6.07, 6.45) is 3.84. The molecular formula is C8H7NO3SZn. The van der Waals surface area contributed by atoms with Crippen LogP contribution in [0.2, 0.25) is 0 Å². The molecule has 0 aromatic heterocycles. The largest absolute Gasteiger partial charge is 0.326 e. The predicted octanol–water partition coefficient (Wildman–Crippen LogP) is -0.231. The Morgan fingerprint density at radius 2 is 1.93 bits per heavy atom. The first-order valence-electron chi connectivity index (χ1n) is 3.82. The molecule has 70 valence electrons. The van der Waals surface area contributed by atoms with Crippen LogP contribution in [0.25, 0.3) is 0 Å². The molecule has 1 heterocycles. The van der Waals surface area contributed by atoms with E-state index in [1.54, 1.807) is 6.08 Å². The summed E-state index contributed by atoms with van der Waals surface area (Å²) < 4.78 is 21.2. The Balaban J connectivity index is 0.000000980. The number of carbonyl (C=O) groups is 1. The Kier molecular flexibility index (Phi) is 3.40. The van der Waals surface area contributed by atoms with Crippen molar-refractivity contribution < 1.29 is 32.7 Å². The second kappa shape index (κ2) is 4.19. The normalized spacial score (nSPS) is 18.9. The van der Waals surface area contributed by atoms with Crippen molar-refractivity contribution in [3.8, 4) is 0 Å². The molecule has 0 fully saturated rings. The Morgan fingerprint density at radius 1 is 1.21 bits per heavy atom. The van der Waals surface area contributed by atoms with E-state index in [1.807, 2.05) is 0 Å². The summed E-state index contributed by atoms with van der Waals surface area (Å²) in [7, 11) is -2.17. The average Bonchev–Trinajstić information content (AvgIpc) is 2.42. The van der Waals surface area contributed by atoms with E-state index in [0.29, 0.717) is 17.7 Å². The standard InChI is InChI=1S/C8H7NO3S.Zn/c10-8-4-5-3-6(13(11)12)1-2-7(5)9-8;/h1-2H,3-4H2,(H,9,10);. The number of hydrogen-bond acceptors (Lipinski definition) is 3. The third-order valence-corrected chi connectivity index (χ3v) is 2.78. The van der Waals surface area contributed by atoms with Crippen LogP contribution >= 0.6 is 0 Å². The molecule has 14 heavy (non-hydrogen) atoms. The molecule has 1 aliphatic carbocycles. The molecule has 6 heteroatoms. The Bertz CT molecular complexity index is 465. The summed E-state index contributed by atoms with van der Waals surface area (Å²) in [4.78, 5) is 11.3. The maximum atomic E-state index is 10.9. The molecule has 1 aliphatic heterocycles. The van der Waals surface area contributed by atoms with Crippen LogP contribution < -0.4 is 5.32 Å². The van der Waals surface area contributed by atoms with Crippen LogP contribution in [0.1, 0.15) is 12.8 Å². The zero-order chi connectivity index (χ0) is 9.42. The quantitative estimate of drug-likeness (QED) is 0.484. The van der Waals surface area contributed by atoms with Gasteiger partial charge in [0.1, 0.15) is 0 Å². The summed E-state index contributed by atoms with van der Waals surface area (Å²) in [5.74, 6) is -0.0624. The molecule has 0 saturated heterocycles. The smallest absolute Gasteiger partial charge is 0.228 e. The topological polar surface area (TPSA) is 63.2 Å². The number of rotatable bonds is 0. The van der Waals surface area contributed by atoms with Gasteiger partial charge in [-0.1, -0.05) is 0 Å². The first kappa shape index (κ1) is 11.3. The first-order chi connectivity index (χ1) is 6.16.